The number of methoxy groups -OCH3 is 1. The second-order valence-electron chi connectivity index (χ2n) is 5.07. The van der Waals surface area contributed by atoms with Crippen molar-refractivity contribution in [3.63, 3.8) is 0 Å². The van der Waals surface area contributed by atoms with E-state index in [2.05, 4.69) is 10.2 Å². The van der Waals surface area contributed by atoms with Gasteiger partial charge in [0.2, 0.25) is 0 Å². The summed E-state index contributed by atoms with van der Waals surface area (Å²) in [6.45, 7) is 4.25. The first kappa shape index (κ1) is 14.7. The second kappa shape index (κ2) is 6.61. The van der Waals surface area contributed by atoms with Crippen LogP contribution in [0.5, 0.6) is 5.75 Å². The number of carbonyl (C=O) groups is 1. The summed E-state index contributed by atoms with van der Waals surface area (Å²) < 4.78 is 5.23. The van der Waals surface area contributed by atoms with Crippen molar-refractivity contribution in [2.24, 2.45) is 5.92 Å². The van der Waals surface area contributed by atoms with Crippen molar-refractivity contribution in [3.05, 3.63) is 24.3 Å². The highest BCUT2D eigenvalue weighted by Crippen LogP contribution is 2.28. The standard InChI is InChI=1S/C15H22N2O3/c1-3-16-14(15(18)19)11-7-8-17(10-11)12-5-4-6-13(9-12)20-2/h4-6,9,11,14,16H,3,7-8,10H2,1-2H3,(H,18,19). The topological polar surface area (TPSA) is 61.8 Å². The number of aliphatic carboxylic acids is 1. The van der Waals surface area contributed by atoms with E-state index in [1.807, 2.05) is 31.2 Å². The molecule has 1 aromatic carbocycles. The first-order chi connectivity index (χ1) is 9.65. The number of carboxylic acid groups (broad SMARTS) is 1. The van der Waals surface area contributed by atoms with Crippen LogP contribution in [0, 0.1) is 5.92 Å². The Morgan fingerprint density at radius 2 is 2.40 bits per heavy atom. The van der Waals surface area contributed by atoms with Gasteiger partial charge in [-0.3, -0.25) is 4.79 Å². The molecule has 2 N–H and O–H groups in total. The van der Waals surface area contributed by atoms with Gasteiger partial charge in [0, 0.05) is 30.8 Å². The fraction of sp³-hybridized carbons (Fsp3) is 0.533. The number of likely N-dealkylation sites (N-methyl/N-ethyl adjacent to an activating group) is 1. The molecule has 2 unspecified atom stereocenters. The number of nitrogens with zero attached hydrogens (tertiary/aromatic N) is 1. The van der Waals surface area contributed by atoms with Gasteiger partial charge in [-0.2, -0.15) is 0 Å². The van der Waals surface area contributed by atoms with Gasteiger partial charge in [0.25, 0.3) is 0 Å². The Hall–Kier alpha value is -1.75. The van der Waals surface area contributed by atoms with Crippen molar-refractivity contribution in [1.29, 1.82) is 0 Å². The van der Waals surface area contributed by atoms with E-state index in [-0.39, 0.29) is 5.92 Å². The summed E-state index contributed by atoms with van der Waals surface area (Å²) in [5, 5.41) is 12.4. The van der Waals surface area contributed by atoms with Crippen LogP contribution in [0.15, 0.2) is 24.3 Å². The summed E-state index contributed by atoms with van der Waals surface area (Å²) in [7, 11) is 1.65. The number of benzene rings is 1. The Morgan fingerprint density at radius 1 is 1.60 bits per heavy atom. The lowest BCUT2D eigenvalue weighted by atomic mass is 9.99. The zero-order valence-corrected chi connectivity index (χ0v) is 12.0. The quantitative estimate of drug-likeness (QED) is 0.827. The minimum absolute atomic E-state index is 0.138. The SMILES string of the molecule is CCNC(C(=O)O)C1CCN(c2cccc(OC)c2)C1. The van der Waals surface area contributed by atoms with Crippen LogP contribution in [0.2, 0.25) is 0 Å². The number of ether oxygens (including phenoxy) is 1. The van der Waals surface area contributed by atoms with Gasteiger partial charge in [-0.15, -0.1) is 0 Å². The van der Waals surface area contributed by atoms with Crippen molar-refractivity contribution in [3.8, 4) is 5.75 Å². The summed E-state index contributed by atoms with van der Waals surface area (Å²) in [5.74, 6) is 0.204. The van der Waals surface area contributed by atoms with Gasteiger partial charge in [-0.05, 0) is 25.1 Å². The molecule has 0 radical (unpaired) electrons. The second-order valence-corrected chi connectivity index (χ2v) is 5.07. The maximum absolute atomic E-state index is 11.3. The Kier molecular flexibility index (Phi) is 4.84. The molecule has 1 fully saturated rings. The molecule has 2 rings (SSSR count). The lowest BCUT2D eigenvalue weighted by molar-refractivity contribution is -0.140. The molecule has 20 heavy (non-hydrogen) atoms. The number of rotatable bonds is 6. The van der Waals surface area contributed by atoms with Crippen molar-refractivity contribution in [1.82, 2.24) is 5.32 Å². The molecular formula is C15H22N2O3. The molecule has 0 aromatic heterocycles. The largest absolute Gasteiger partial charge is 0.497 e. The summed E-state index contributed by atoms with van der Waals surface area (Å²) in [4.78, 5) is 13.5. The zero-order chi connectivity index (χ0) is 14.5. The van der Waals surface area contributed by atoms with Crippen LogP contribution in [0.25, 0.3) is 0 Å². The third-order valence-corrected chi connectivity index (χ3v) is 3.80. The Balaban J connectivity index is 2.05. The van der Waals surface area contributed by atoms with Crippen molar-refractivity contribution in [2.75, 3.05) is 31.6 Å². The number of nitrogens with one attached hydrogen (secondary N) is 1. The molecule has 1 aliphatic rings. The van der Waals surface area contributed by atoms with Crippen molar-refractivity contribution < 1.29 is 14.6 Å². The highest BCUT2D eigenvalue weighted by molar-refractivity contribution is 5.74. The van der Waals surface area contributed by atoms with Gasteiger partial charge in [0.1, 0.15) is 11.8 Å². The predicted octanol–water partition coefficient (Wildman–Crippen LogP) is 1.58. The highest BCUT2D eigenvalue weighted by Gasteiger charge is 2.33. The summed E-state index contributed by atoms with van der Waals surface area (Å²) >= 11 is 0. The fourth-order valence-corrected chi connectivity index (χ4v) is 2.78. The van der Waals surface area contributed by atoms with Crippen molar-refractivity contribution >= 4 is 11.7 Å². The number of carboxylic acids is 1. The number of hydrogen-bond donors (Lipinski definition) is 2. The average molecular weight is 278 g/mol. The molecule has 0 spiro atoms. The third kappa shape index (κ3) is 3.22. The molecule has 2 atom stereocenters. The molecule has 0 bridgehead atoms. The molecule has 0 aliphatic carbocycles. The summed E-state index contributed by atoms with van der Waals surface area (Å²) in [5.41, 5.74) is 1.09. The molecule has 0 amide bonds. The molecule has 1 heterocycles. The van der Waals surface area contributed by atoms with E-state index in [1.165, 1.54) is 0 Å². The van der Waals surface area contributed by atoms with Gasteiger partial charge in [0.05, 0.1) is 7.11 Å². The molecule has 0 saturated carbocycles. The molecule has 5 nitrogen and oxygen atoms in total. The molecule has 1 aliphatic heterocycles. The van der Waals surface area contributed by atoms with Crippen LogP contribution in [0.3, 0.4) is 0 Å². The average Bonchev–Trinajstić information content (AvgIpc) is 2.94. The van der Waals surface area contributed by atoms with E-state index >= 15 is 0 Å². The molecule has 110 valence electrons. The highest BCUT2D eigenvalue weighted by atomic mass is 16.5. The van der Waals surface area contributed by atoms with E-state index in [0.717, 1.165) is 30.9 Å². The summed E-state index contributed by atoms with van der Waals surface area (Å²) in [6.07, 6.45) is 0.890. The van der Waals surface area contributed by atoms with Crippen LogP contribution in [-0.2, 0) is 4.79 Å². The maximum atomic E-state index is 11.3. The van der Waals surface area contributed by atoms with Crippen LogP contribution in [0.1, 0.15) is 13.3 Å². The lowest BCUT2D eigenvalue weighted by Crippen LogP contribution is -2.43. The van der Waals surface area contributed by atoms with Gasteiger partial charge in [-0.1, -0.05) is 13.0 Å². The Morgan fingerprint density at radius 3 is 3.05 bits per heavy atom. The molecule has 1 saturated heterocycles. The zero-order valence-electron chi connectivity index (χ0n) is 12.0. The van der Waals surface area contributed by atoms with Gasteiger partial charge < -0.3 is 20.1 Å². The first-order valence-corrected chi connectivity index (χ1v) is 7.01. The number of hydrogen-bond acceptors (Lipinski definition) is 4. The van der Waals surface area contributed by atoms with E-state index in [9.17, 15) is 9.90 Å². The van der Waals surface area contributed by atoms with E-state index < -0.39 is 12.0 Å². The predicted molar refractivity (Wildman–Crippen MR) is 78.4 cm³/mol. The minimum atomic E-state index is -0.760. The lowest BCUT2D eigenvalue weighted by Gasteiger charge is -2.22. The fourth-order valence-electron chi connectivity index (χ4n) is 2.78. The van der Waals surface area contributed by atoms with Crippen LogP contribution < -0.4 is 15.0 Å². The normalized spacial score (nSPS) is 19.9. The minimum Gasteiger partial charge on any atom is -0.497 e. The smallest absolute Gasteiger partial charge is 0.321 e. The van der Waals surface area contributed by atoms with Gasteiger partial charge in [0.15, 0.2) is 0 Å². The van der Waals surface area contributed by atoms with Crippen molar-refractivity contribution in [2.45, 2.75) is 19.4 Å². The molecule has 5 heteroatoms. The van der Waals surface area contributed by atoms with Gasteiger partial charge in [-0.25, -0.2) is 0 Å². The van der Waals surface area contributed by atoms with E-state index in [4.69, 9.17) is 4.74 Å². The van der Waals surface area contributed by atoms with Crippen LogP contribution in [0.4, 0.5) is 5.69 Å². The monoisotopic (exact) mass is 278 g/mol. The maximum Gasteiger partial charge on any atom is 0.321 e. The summed E-state index contributed by atoms with van der Waals surface area (Å²) in [6, 6.07) is 7.44. The van der Waals surface area contributed by atoms with Crippen LogP contribution in [-0.4, -0.2) is 43.9 Å². The Bertz CT molecular complexity index is 464. The molecular weight excluding hydrogens is 256 g/mol. The van der Waals surface area contributed by atoms with E-state index in [0.29, 0.717) is 6.54 Å². The van der Waals surface area contributed by atoms with Crippen LogP contribution >= 0.6 is 0 Å². The van der Waals surface area contributed by atoms with Gasteiger partial charge >= 0.3 is 5.97 Å². The number of anilines is 1. The molecule has 1 aromatic rings. The Labute approximate surface area is 119 Å². The third-order valence-electron chi connectivity index (χ3n) is 3.80. The van der Waals surface area contributed by atoms with E-state index in [1.54, 1.807) is 7.11 Å². The first-order valence-electron chi connectivity index (χ1n) is 7.01.